The Hall–Kier alpha value is -0.850. The SMILES string of the molecule is CS(=O)(=O)C(CCF)COC(N)=O. The van der Waals surface area contributed by atoms with Gasteiger partial charge in [0, 0.05) is 6.26 Å². The molecule has 0 aromatic heterocycles. The zero-order chi connectivity index (χ0) is 10.5. The lowest BCUT2D eigenvalue weighted by molar-refractivity contribution is 0.154. The summed E-state index contributed by atoms with van der Waals surface area (Å²) in [4.78, 5) is 10.1. The van der Waals surface area contributed by atoms with Gasteiger partial charge in [-0.3, -0.25) is 4.39 Å². The first-order chi connectivity index (χ1) is 5.88. The number of carbonyl (C=O) groups excluding carboxylic acids is 1. The average molecular weight is 213 g/mol. The minimum absolute atomic E-state index is 0.188. The fourth-order valence-electron chi connectivity index (χ4n) is 0.718. The van der Waals surface area contributed by atoms with Crippen molar-refractivity contribution in [2.75, 3.05) is 19.5 Å². The molecule has 0 radical (unpaired) electrons. The van der Waals surface area contributed by atoms with E-state index in [0.29, 0.717) is 0 Å². The molecule has 0 aromatic rings. The highest BCUT2D eigenvalue weighted by molar-refractivity contribution is 7.91. The van der Waals surface area contributed by atoms with Gasteiger partial charge in [0.05, 0.1) is 11.9 Å². The van der Waals surface area contributed by atoms with E-state index < -0.39 is 34.5 Å². The number of alkyl halides is 1. The van der Waals surface area contributed by atoms with Crippen molar-refractivity contribution in [1.82, 2.24) is 0 Å². The smallest absolute Gasteiger partial charge is 0.404 e. The Balaban J connectivity index is 4.19. The summed E-state index contributed by atoms with van der Waals surface area (Å²) in [6.45, 7) is -1.17. The lowest BCUT2D eigenvalue weighted by atomic mass is 10.3. The maximum atomic E-state index is 11.9. The van der Waals surface area contributed by atoms with E-state index in [2.05, 4.69) is 10.5 Å². The number of carbonyl (C=O) groups is 1. The van der Waals surface area contributed by atoms with Crippen molar-refractivity contribution in [3.63, 3.8) is 0 Å². The average Bonchev–Trinajstić information content (AvgIpc) is 1.95. The van der Waals surface area contributed by atoms with Crippen LogP contribution in [0.2, 0.25) is 0 Å². The molecule has 78 valence electrons. The molecule has 13 heavy (non-hydrogen) atoms. The number of hydrogen-bond donors (Lipinski definition) is 1. The van der Waals surface area contributed by atoms with E-state index in [1.165, 1.54) is 0 Å². The van der Waals surface area contributed by atoms with Crippen molar-refractivity contribution in [2.45, 2.75) is 11.7 Å². The summed E-state index contributed by atoms with van der Waals surface area (Å²) in [7, 11) is -3.40. The lowest BCUT2D eigenvalue weighted by Gasteiger charge is -2.12. The summed E-state index contributed by atoms with van der Waals surface area (Å²) in [5.74, 6) is 0. The molecule has 5 nitrogen and oxygen atoms in total. The second-order valence-corrected chi connectivity index (χ2v) is 4.88. The summed E-state index contributed by atoms with van der Waals surface area (Å²) in [5.41, 5.74) is 4.63. The molecule has 0 saturated carbocycles. The Bertz CT molecular complexity index is 264. The van der Waals surface area contributed by atoms with Crippen LogP contribution < -0.4 is 5.73 Å². The first kappa shape index (κ1) is 12.2. The van der Waals surface area contributed by atoms with E-state index in [1.807, 2.05) is 0 Å². The molecule has 0 aliphatic carbocycles. The Morgan fingerprint density at radius 3 is 2.46 bits per heavy atom. The maximum Gasteiger partial charge on any atom is 0.404 e. The van der Waals surface area contributed by atoms with Gasteiger partial charge in [-0.1, -0.05) is 0 Å². The van der Waals surface area contributed by atoms with Crippen LogP contribution in [-0.2, 0) is 14.6 Å². The van der Waals surface area contributed by atoms with Gasteiger partial charge in [0.1, 0.15) is 6.61 Å². The number of hydrogen-bond acceptors (Lipinski definition) is 4. The van der Waals surface area contributed by atoms with E-state index >= 15 is 0 Å². The molecule has 0 heterocycles. The monoisotopic (exact) mass is 213 g/mol. The Morgan fingerprint density at radius 2 is 2.15 bits per heavy atom. The van der Waals surface area contributed by atoms with Gasteiger partial charge in [0.15, 0.2) is 9.84 Å². The Labute approximate surface area is 76.0 Å². The van der Waals surface area contributed by atoms with Crippen molar-refractivity contribution in [1.29, 1.82) is 0 Å². The van der Waals surface area contributed by atoms with Gasteiger partial charge in [0.25, 0.3) is 0 Å². The summed E-state index contributed by atoms with van der Waals surface area (Å²) >= 11 is 0. The number of sulfone groups is 1. The van der Waals surface area contributed by atoms with Crippen LogP contribution in [0.15, 0.2) is 0 Å². The molecule has 0 rings (SSSR count). The molecule has 0 saturated heterocycles. The minimum atomic E-state index is -3.40. The largest absolute Gasteiger partial charge is 0.448 e. The summed E-state index contributed by atoms with van der Waals surface area (Å²) in [5, 5.41) is -1.01. The molecular weight excluding hydrogens is 201 g/mol. The molecule has 1 amide bonds. The third-order valence-corrected chi connectivity index (χ3v) is 3.03. The van der Waals surface area contributed by atoms with Crippen LogP contribution in [0.4, 0.5) is 9.18 Å². The fourth-order valence-corrected chi connectivity index (χ4v) is 1.55. The predicted molar refractivity (Wildman–Crippen MR) is 44.8 cm³/mol. The van der Waals surface area contributed by atoms with Crippen LogP contribution in [0, 0.1) is 0 Å². The first-order valence-corrected chi connectivity index (χ1v) is 5.50. The number of rotatable bonds is 5. The summed E-state index contributed by atoms with van der Waals surface area (Å²) in [6, 6.07) is 0. The van der Waals surface area contributed by atoms with Gasteiger partial charge in [-0.2, -0.15) is 0 Å². The van der Waals surface area contributed by atoms with Crippen LogP contribution in [0.1, 0.15) is 6.42 Å². The predicted octanol–water partition coefficient (Wildman–Crippen LogP) is -0.145. The van der Waals surface area contributed by atoms with Crippen molar-refractivity contribution in [2.24, 2.45) is 5.73 Å². The van der Waals surface area contributed by atoms with E-state index in [9.17, 15) is 17.6 Å². The molecule has 1 atom stereocenters. The van der Waals surface area contributed by atoms with Gasteiger partial charge in [-0.15, -0.1) is 0 Å². The first-order valence-electron chi connectivity index (χ1n) is 3.55. The van der Waals surface area contributed by atoms with Gasteiger partial charge in [-0.05, 0) is 6.42 Å². The second kappa shape index (κ2) is 5.00. The Kier molecular flexibility index (Phi) is 4.68. The van der Waals surface area contributed by atoms with Crippen molar-refractivity contribution >= 4 is 15.9 Å². The van der Waals surface area contributed by atoms with E-state index in [0.717, 1.165) is 6.26 Å². The third-order valence-electron chi connectivity index (χ3n) is 1.45. The van der Waals surface area contributed by atoms with E-state index in [4.69, 9.17) is 0 Å². The number of nitrogens with two attached hydrogens (primary N) is 1. The van der Waals surface area contributed by atoms with Gasteiger partial charge in [-0.25, -0.2) is 13.2 Å². The standard InChI is InChI=1S/C6H12FNO4S/c1-13(10,11)5(2-3-7)4-12-6(8)9/h5H,2-4H2,1H3,(H2,8,9). The van der Waals surface area contributed by atoms with E-state index in [1.54, 1.807) is 0 Å². The zero-order valence-corrected chi connectivity index (χ0v) is 8.01. The van der Waals surface area contributed by atoms with E-state index in [-0.39, 0.29) is 6.42 Å². The van der Waals surface area contributed by atoms with Crippen molar-refractivity contribution in [3.8, 4) is 0 Å². The number of primary amides is 1. The zero-order valence-electron chi connectivity index (χ0n) is 7.20. The summed E-state index contributed by atoms with van der Waals surface area (Å²) < 4.78 is 38.0. The Morgan fingerprint density at radius 1 is 1.62 bits per heavy atom. The van der Waals surface area contributed by atoms with Gasteiger partial charge >= 0.3 is 6.09 Å². The normalized spacial score (nSPS) is 13.7. The molecule has 7 heteroatoms. The number of ether oxygens (including phenoxy) is 1. The number of halogens is 1. The van der Waals surface area contributed by atoms with Crippen LogP contribution in [0.5, 0.6) is 0 Å². The molecule has 0 aliphatic heterocycles. The molecule has 0 aromatic carbocycles. The molecular formula is C6H12FNO4S. The maximum absolute atomic E-state index is 11.9. The van der Waals surface area contributed by atoms with Crippen molar-refractivity contribution < 1.29 is 22.3 Å². The molecule has 2 N–H and O–H groups in total. The lowest BCUT2D eigenvalue weighted by Crippen LogP contribution is -2.29. The van der Waals surface area contributed by atoms with Gasteiger partial charge in [0.2, 0.25) is 0 Å². The molecule has 1 unspecified atom stereocenters. The minimum Gasteiger partial charge on any atom is -0.448 e. The third kappa shape index (κ3) is 5.40. The molecule has 0 aliphatic rings. The summed E-state index contributed by atoms with van der Waals surface area (Å²) in [6.07, 6.45) is -0.295. The quantitative estimate of drug-likeness (QED) is 0.688. The second-order valence-electron chi connectivity index (χ2n) is 2.56. The van der Waals surface area contributed by atoms with Crippen LogP contribution in [0.25, 0.3) is 0 Å². The molecule has 0 fully saturated rings. The topological polar surface area (TPSA) is 86.5 Å². The van der Waals surface area contributed by atoms with Crippen molar-refractivity contribution in [3.05, 3.63) is 0 Å². The van der Waals surface area contributed by atoms with Crippen LogP contribution in [-0.4, -0.2) is 39.3 Å². The molecule has 0 bridgehead atoms. The van der Waals surface area contributed by atoms with Crippen LogP contribution >= 0.6 is 0 Å². The highest BCUT2D eigenvalue weighted by Gasteiger charge is 2.21. The fraction of sp³-hybridized carbons (Fsp3) is 0.833. The highest BCUT2D eigenvalue weighted by atomic mass is 32.2. The molecule has 0 spiro atoms. The van der Waals surface area contributed by atoms with Gasteiger partial charge < -0.3 is 10.5 Å². The highest BCUT2D eigenvalue weighted by Crippen LogP contribution is 2.05. The number of amides is 1. The van der Waals surface area contributed by atoms with Crippen LogP contribution in [0.3, 0.4) is 0 Å².